The van der Waals surface area contributed by atoms with Gasteiger partial charge in [-0.1, -0.05) is 24.3 Å². The second-order valence-corrected chi connectivity index (χ2v) is 7.12. The summed E-state index contributed by atoms with van der Waals surface area (Å²) in [6, 6.07) is 12.4. The maximum atomic E-state index is 12.5. The zero-order valence-electron chi connectivity index (χ0n) is 15.6. The van der Waals surface area contributed by atoms with Gasteiger partial charge in [-0.3, -0.25) is 4.90 Å². The first kappa shape index (κ1) is 18.3. The Balaban J connectivity index is 1.46. The molecule has 146 valence electrons. The molecular formula is C21H23N3O4. The van der Waals surface area contributed by atoms with Gasteiger partial charge in [0.15, 0.2) is 0 Å². The Hall–Kier alpha value is -3.06. The minimum absolute atomic E-state index is 0.374. The van der Waals surface area contributed by atoms with E-state index in [2.05, 4.69) is 10.6 Å². The highest BCUT2D eigenvalue weighted by Crippen LogP contribution is 2.32. The van der Waals surface area contributed by atoms with E-state index in [0.29, 0.717) is 18.7 Å². The lowest BCUT2D eigenvalue weighted by Crippen LogP contribution is -2.37. The number of amides is 3. The molecule has 0 aromatic heterocycles. The van der Waals surface area contributed by atoms with Crippen molar-refractivity contribution in [3.8, 4) is 0 Å². The average Bonchev–Trinajstić information content (AvgIpc) is 3.02. The first-order valence-electron chi connectivity index (χ1n) is 9.38. The Kier molecular flexibility index (Phi) is 4.92. The van der Waals surface area contributed by atoms with E-state index in [1.807, 2.05) is 36.4 Å². The summed E-state index contributed by atoms with van der Waals surface area (Å²) in [5, 5.41) is 16.0. The molecule has 7 heteroatoms. The molecule has 3 N–H and O–H groups in total. The number of fused-ring (bicyclic) bond motifs is 2. The number of nitrogens with zero attached hydrogens (tertiary/aromatic N) is 1. The number of aliphatic hydroxyl groups is 1. The highest BCUT2D eigenvalue weighted by Gasteiger charge is 2.32. The van der Waals surface area contributed by atoms with Crippen molar-refractivity contribution in [2.75, 3.05) is 23.9 Å². The van der Waals surface area contributed by atoms with Crippen LogP contribution in [0.5, 0.6) is 0 Å². The summed E-state index contributed by atoms with van der Waals surface area (Å²) in [6.45, 7) is 0.617. The highest BCUT2D eigenvalue weighted by molar-refractivity contribution is 5.92. The number of ether oxygens (including phenoxy) is 1. The molecule has 0 bridgehead atoms. The first-order chi connectivity index (χ1) is 13.6. The fourth-order valence-corrected chi connectivity index (χ4v) is 4.03. The van der Waals surface area contributed by atoms with Gasteiger partial charge in [-0.25, -0.2) is 9.59 Å². The van der Waals surface area contributed by atoms with Gasteiger partial charge in [0.2, 0.25) is 0 Å². The molecule has 2 aromatic rings. The van der Waals surface area contributed by atoms with Crippen molar-refractivity contribution in [2.45, 2.75) is 31.4 Å². The molecule has 1 aliphatic heterocycles. The van der Waals surface area contributed by atoms with Gasteiger partial charge in [-0.15, -0.1) is 0 Å². The minimum Gasteiger partial charge on any atom is -0.452 e. The molecule has 28 heavy (non-hydrogen) atoms. The van der Waals surface area contributed by atoms with E-state index in [1.54, 1.807) is 11.0 Å². The van der Waals surface area contributed by atoms with E-state index in [-0.39, 0.29) is 12.1 Å². The van der Waals surface area contributed by atoms with Crippen LogP contribution in [0.25, 0.3) is 0 Å². The quantitative estimate of drug-likeness (QED) is 0.746. The fraction of sp³-hybridized carbons (Fsp3) is 0.333. The highest BCUT2D eigenvalue weighted by atomic mass is 16.5. The number of benzene rings is 2. The first-order valence-corrected chi connectivity index (χ1v) is 9.38. The molecule has 0 radical (unpaired) electrons. The number of methoxy groups -OCH3 is 1. The van der Waals surface area contributed by atoms with Crippen LogP contribution in [0.15, 0.2) is 42.5 Å². The van der Waals surface area contributed by atoms with Crippen LogP contribution in [0.3, 0.4) is 0 Å². The summed E-state index contributed by atoms with van der Waals surface area (Å²) < 4.78 is 4.84. The van der Waals surface area contributed by atoms with Crippen molar-refractivity contribution in [1.29, 1.82) is 0 Å². The number of nitrogens with one attached hydrogen (secondary N) is 2. The third-order valence-corrected chi connectivity index (χ3v) is 5.34. The number of carbonyl (C=O) groups is 2. The van der Waals surface area contributed by atoms with E-state index in [0.717, 1.165) is 35.2 Å². The second-order valence-electron chi connectivity index (χ2n) is 7.12. The Morgan fingerprint density at radius 2 is 2.00 bits per heavy atom. The summed E-state index contributed by atoms with van der Waals surface area (Å²) in [6.07, 6.45) is 1.18. The fourth-order valence-electron chi connectivity index (χ4n) is 4.03. The Morgan fingerprint density at radius 1 is 1.18 bits per heavy atom. The molecule has 2 atom stereocenters. The number of aliphatic hydroxyl groups excluding tert-OH is 1. The number of carbonyl (C=O) groups excluding carboxylic acids is 2. The number of aryl methyl sites for hydroxylation is 1. The zero-order chi connectivity index (χ0) is 19.7. The summed E-state index contributed by atoms with van der Waals surface area (Å²) in [7, 11) is 1.37. The lowest BCUT2D eigenvalue weighted by molar-refractivity contribution is 0.144. The van der Waals surface area contributed by atoms with Crippen LogP contribution in [0, 0.1) is 0 Å². The number of anilines is 2. The van der Waals surface area contributed by atoms with Gasteiger partial charge in [0.25, 0.3) is 0 Å². The molecule has 7 nitrogen and oxygen atoms in total. The predicted molar refractivity (Wildman–Crippen MR) is 106 cm³/mol. The summed E-state index contributed by atoms with van der Waals surface area (Å²) in [5.74, 6) is 0. The van der Waals surface area contributed by atoms with Crippen molar-refractivity contribution >= 4 is 23.5 Å². The van der Waals surface area contributed by atoms with Crippen LogP contribution in [-0.4, -0.2) is 37.0 Å². The van der Waals surface area contributed by atoms with Gasteiger partial charge in [0.1, 0.15) is 0 Å². The Labute approximate surface area is 163 Å². The van der Waals surface area contributed by atoms with Crippen molar-refractivity contribution in [2.24, 2.45) is 0 Å². The Morgan fingerprint density at radius 3 is 2.82 bits per heavy atom. The van der Waals surface area contributed by atoms with Gasteiger partial charge in [0.05, 0.1) is 24.9 Å². The minimum atomic E-state index is -0.639. The average molecular weight is 381 g/mol. The molecule has 0 saturated carbocycles. The monoisotopic (exact) mass is 381 g/mol. The van der Waals surface area contributed by atoms with Crippen LogP contribution >= 0.6 is 0 Å². The molecule has 2 aromatic carbocycles. The van der Waals surface area contributed by atoms with Gasteiger partial charge < -0.3 is 20.5 Å². The molecule has 1 aliphatic carbocycles. The van der Waals surface area contributed by atoms with E-state index < -0.39 is 12.1 Å². The Bertz CT molecular complexity index is 914. The third-order valence-electron chi connectivity index (χ3n) is 5.34. The van der Waals surface area contributed by atoms with Gasteiger partial charge in [0, 0.05) is 18.7 Å². The maximum absolute atomic E-state index is 12.5. The molecule has 2 aliphatic rings. The molecular weight excluding hydrogens is 358 g/mol. The van der Waals surface area contributed by atoms with Gasteiger partial charge >= 0.3 is 12.1 Å². The summed E-state index contributed by atoms with van der Waals surface area (Å²) in [5.41, 5.74) is 4.44. The number of hydrogen-bond acceptors (Lipinski definition) is 4. The van der Waals surface area contributed by atoms with Crippen molar-refractivity contribution < 1.29 is 19.4 Å². The molecule has 1 heterocycles. The van der Waals surface area contributed by atoms with Crippen molar-refractivity contribution in [3.05, 3.63) is 59.2 Å². The van der Waals surface area contributed by atoms with Gasteiger partial charge in [-0.05, 0) is 47.7 Å². The van der Waals surface area contributed by atoms with Crippen LogP contribution in [0.4, 0.5) is 21.0 Å². The number of hydrogen-bond donors (Lipinski definition) is 3. The molecule has 0 saturated heterocycles. The summed E-state index contributed by atoms with van der Waals surface area (Å²) in [4.78, 5) is 26.0. The standard InChI is InChI=1S/C21H23N3O4/c1-28-21(27)24-10-4-6-14-11-15(8-9-17(14)24)22-20(26)23-19-16-7-3-2-5-13(16)12-18(19)25/h2-3,5,7-9,11,18-19,25H,4,6,10,12H2,1H3,(H2,22,23,26)/t18-,19-/m0/s1. The second kappa shape index (κ2) is 7.52. The van der Waals surface area contributed by atoms with Crippen LogP contribution in [0.1, 0.15) is 29.2 Å². The molecule has 0 spiro atoms. The summed E-state index contributed by atoms with van der Waals surface area (Å²) >= 11 is 0. The maximum Gasteiger partial charge on any atom is 0.414 e. The normalized spacial score (nSPS) is 20.1. The SMILES string of the molecule is COC(=O)N1CCCc2cc(NC(=O)N[C@H]3c4ccccc4C[C@@H]3O)ccc21. The van der Waals surface area contributed by atoms with E-state index in [1.165, 1.54) is 7.11 Å². The smallest absolute Gasteiger partial charge is 0.414 e. The molecule has 0 unspecified atom stereocenters. The zero-order valence-corrected chi connectivity index (χ0v) is 15.6. The van der Waals surface area contributed by atoms with Crippen molar-refractivity contribution in [3.63, 3.8) is 0 Å². The number of rotatable bonds is 2. The van der Waals surface area contributed by atoms with E-state index in [9.17, 15) is 14.7 Å². The molecule has 0 fully saturated rings. The molecule has 3 amide bonds. The topological polar surface area (TPSA) is 90.9 Å². The van der Waals surface area contributed by atoms with Crippen LogP contribution in [0.2, 0.25) is 0 Å². The van der Waals surface area contributed by atoms with Crippen LogP contribution < -0.4 is 15.5 Å². The largest absolute Gasteiger partial charge is 0.452 e. The van der Waals surface area contributed by atoms with Crippen LogP contribution in [-0.2, 0) is 17.6 Å². The lowest BCUT2D eigenvalue weighted by Gasteiger charge is -2.28. The van der Waals surface area contributed by atoms with E-state index in [4.69, 9.17) is 4.74 Å². The van der Waals surface area contributed by atoms with E-state index >= 15 is 0 Å². The third kappa shape index (κ3) is 3.41. The van der Waals surface area contributed by atoms with Crippen molar-refractivity contribution in [1.82, 2.24) is 5.32 Å². The molecule has 4 rings (SSSR count). The lowest BCUT2D eigenvalue weighted by atomic mass is 10.0. The predicted octanol–water partition coefficient (Wildman–Crippen LogP) is 2.99. The van der Waals surface area contributed by atoms with Gasteiger partial charge in [-0.2, -0.15) is 0 Å². The number of urea groups is 1.